The van der Waals surface area contributed by atoms with Crippen molar-refractivity contribution in [2.24, 2.45) is 5.92 Å². The number of piperidine rings is 2. The quantitative estimate of drug-likeness (QED) is 0.928. The number of hydrogen-bond acceptors (Lipinski definition) is 2. The number of carbonyl (C=O) groups excluding carboxylic acids is 1. The topological polar surface area (TPSA) is 37.3 Å². The largest absolute Gasteiger partial charge is 0.354 e. The molecule has 4 heteroatoms. The fraction of sp³-hybridized carbons (Fsp3) is 0.722. The molecule has 2 atom stereocenters. The molecule has 2 aliphatic heterocycles. The predicted molar refractivity (Wildman–Crippen MR) is 88.9 cm³/mol. The summed E-state index contributed by atoms with van der Waals surface area (Å²) in [5, 5.41) is 3.19. The summed E-state index contributed by atoms with van der Waals surface area (Å²) in [6.45, 7) is 7.93. The van der Waals surface area contributed by atoms with Crippen LogP contribution in [0.4, 0.5) is 0 Å². The number of nitrogens with one attached hydrogen (secondary N) is 1. The molecule has 2 fully saturated rings. The van der Waals surface area contributed by atoms with Gasteiger partial charge in [0.2, 0.25) is 5.91 Å². The Balaban J connectivity index is 1.52. The van der Waals surface area contributed by atoms with Crippen LogP contribution >= 0.6 is 0 Å². The highest BCUT2D eigenvalue weighted by atomic mass is 16.1. The summed E-state index contributed by atoms with van der Waals surface area (Å²) in [7, 11) is 0. The van der Waals surface area contributed by atoms with E-state index in [9.17, 15) is 4.79 Å². The average molecular weight is 303 g/mol. The van der Waals surface area contributed by atoms with Gasteiger partial charge in [0.25, 0.3) is 0 Å². The Labute approximate surface area is 133 Å². The molecule has 1 amide bonds. The number of aromatic nitrogens is 1. The molecule has 22 heavy (non-hydrogen) atoms. The lowest BCUT2D eigenvalue weighted by Gasteiger charge is -2.44. The Morgan fingerprint density at radius 2 is 1.86 bits per heavy atom. The van der Waals surface area contributed by atoms with Crippen LogP contribution in [0.1, 0.15) is 43.5 Å². The molecular weight excluding hydrogens is 274 g/mol. The molecule has 3 heterocycles. The van der Waals surface area contributed by atoms with E-state index in [4.69, 9.17) is 0 Å². The molecule has 1 N–H and O–H groups in total. The van der Waals surface area contributed by atoms with Gasteiger partial charge in [-0.25, -0.2) is 0 Å². The van der Waals surface area contributed by atoms with E-state index in [2.05, 4.69) is 40.8 Å². The van der Waals surface area contributed by atoms with Crippen LogP contribution in [0.5, 0.6) is 0 Å². The van der Waals surface area contributed by atoms with Crippen molar-refractivity contribution in [3.05, 3.63) is 23.5 Å². The van der Waals surface area contributed by atoms with E-state index in [1.165, 1.54) is 45.2 Å². The number of fused-ring (bicyclic) bond motifs is 1. The first-order valence-corrected chi connectivity index (χ1v) is 8.78. The van der Waals surface area contributed by atoms with Crippen LogP contribution in [0.2, 0.25) is 0 Å². The van der Waals surface area contributed by atoms with Crippen molar-refractivity contribution in [1.82, 2.24) is 14.8 Å². The first kappa shape index (κ1) is 15.6. The second-order valence-electron chi connectivity index (χ2n) is 7.01. The van der Waals surface area contributed by atoms with E-state index in [1.54, 1.807) is 0 Å². The van der Waals surface area contributed by atoms with Gasteiger partial charge in [-0.1, -0.05) is 6.42 Å². The molecule has 0 spiro atoms. The van der Waals surface area contributed by atoms with E-state index in [1.807, 2.05) is 0 Å². The lowest BCUT2D eigenvalue weighted by atomic mass is 9.83. The van der Waals surface area contributed by atoms with Crippen molar-refractivity contribution in [2.45, 2.75) is 58.5 Å². The van der Waals surface area contributed by atoms with Crippen molar-refractivity contribution < 1.29 is 4.79 Å². The zero-order chi connectivity index (χ0) is 15.5. The third-order valence-electron chi connectivity index (χ3n) is 5.51. The Bertz CT molecular complexity index is 501. The summed E-state index contributed by atoms with van der Waals surface area (Å²) in [5.74, 6) is 0.792. The zero-order valence-electron chi connectivity index (χ0n) is 14.0. The van der Waals surface area contributed by atoms with Gasteiger partial charge in [-0.15, -0.1) is 0 Å². The van der Waals surface area contributed by atoms with Crippen LogP contribution in [0, 0.1) is 19.8 Å². The molecule has 2 aliphatic rings. The number of nitrogens with zero attached hydrogens (tertiary/aromatic N) is 2. The number of aryl methyl sites for hydroxylation is 2. The van der Waals surface area contributed by atoms with Crippen molar-refractivity contribution in [1.29, 1.82) is 0 Å². The highest BCUT2D eigenvalue weighted by Gasteiger charge is 2.32. The third-order valence-corrected chi connectivity index (χ3v) is 5.51. The minimum absolute atomic E-state index is 0.148. The third kappa shape index (κ3) is 3.37. The van der Waals surface area contributed by atoms with Crippen LogP contribution in [0.15, 0.2) is 12.1 Å². The average Bonchev–Trinajstić information content (AvgIpc) is 2.85. The van der Waals surface area contributed by atoms with E-state index < -0.39 is 0 Å². The van der Waals surface area contributed by atoms with E-state index in [0.717, 1.165) is 17.9 Å². The Morgan fingerprint density at radius 3 is 2.64 bits per heavy atom. The van der Waals surface area contributed by atoms with Crippen molar-refractivity contribution in [2.75, 3.05) is 19.6 Å². The molecule has 0 aromatic carbocycles. The predicted octanol–water partition coefficient (Wildman–Crippen LogP) is 2.49. The monoisotopic (exact) mass is 303 g/mol. The molecule has 1 aromatic rings. The summed E-state index contributed by atoms with van der Waals surface area (Å²) in [6.07, 6.45) is 6.57. The molecule has 0 aliphatic carbocycles. The van der Waals surface area contributed by atoms with Crippen LogP contribution in [-0.4, -0.2) is 41.1 Å². The lowest BCUT2D eigenvalue weighted by molar-refractivity contribution is -0.122. The number of carbonyl (C=O) groups is 1. The molecule has 0 unspecified atom stereocenters. The molecule has 2 saturated heterocycles. The minimum atomic E-state index is 0.148. The SMILES string of the molecule is Cc1ccc(C)n1CC(=O)NC[C@H]1CCCN2CCCC[C@@H]12. The molecule has 0 saturated carbocycles. The Kier molecular flexibility index (Phi) is 4.87. The summed E-state index contributed by atoms with van der Waals surface area (Å²) in [6, 6.07) is 4.85. The second kappa shape index (κ2) is 6.86. The normalized spacial score (nSPS) is 25.7. The first-order valence-electron chi connectivity index (χ1n) is 8.78. The van der Waals surface area contributed by atoms with Gasteiger partial charge in [0, 0.05) is 24.0 Å². The fourth-order valence-electron chi connectivity index (χ4n) is 4.21. The molecule has 122 valence electrons. The van der Waals surface area contributed by atoms with Crippen LogP contribution in [0.3, 0.4) is 0 Å². The van der Waals surface area contributed by atoms with E-state index in [-0.39, 0.29) is 5.91 Å². The van der Waals surface area contributed by atoms with Crippen molar-refractivity contribution >= 4 is 5.91 Å². The van der Waals surface area contributed by atoms with Gasteiger partial charge in [0.05, 0.1) is 0 Å². The number of amides is 1. The molecule has 0 radical (unpaired) electrons. The van der Waals surface area contributed by atoms with Gasteiger partial charge < -0.3 is 14.8 Å². The lowest BCUT2D eigenvalue weighted by Crippen LogP contribution is -2.51. The summed E-state index contributed by atoms with van der Waals surface area (Å²) < 4.78 is 2.09. The summed E-state index contributed by atoms with van der Waals surface area (Å²) >= 11 is 0. The highest BCUT2D eigenvalue weighted by molar-refractivity contribution is 5.75. The Morgan fingerprint density at radius 1 is 1.14 bits per heavy atom. The summed E-state index contributed by atoms with van der Waals surface area (Å²) in [4.78, 5) is 14.9. The van der Waals surface area contributed by atoms with Gasteiger partial charge in [-0.05, 0) is 70.7 Å². The molecule has 0 bridgehead atoms. The van der Waals surface area contributed by atoms with Crippen molar-refractivity contribution in [3.63, 3.8) is 0 Å². The van der Waals surface area contributed by atoms with E-state index >= 15 is 0 Å². The first-order chi connectivity index (χ1) is 10.6. The standard InChI is InChI=1S/C18H29N3O/c1-14-8-9-15(2)21(14)13-18(22)19-12-16-6-5-11-20-10-4-3-7-17(16)20/h8-9,16-17H,3-7,10-13H2,1-2H3,(H,19,22)/t16-,17+/m1/s1. The molecular formula is C18H29N3O. The minimum Gasteiger partial charge on any atom is -0.354 e. The van der Waals surface area contributed by atoms with Crippen molar-refractivity contribution in [3.8, 4) is 0 Å². The van der Waals surface area contributed by atoms with E-state index in [0.29, 0.717) is 18.5 Å². The number of hydrogen-bond donors (Lipinski definition) is 1. The van der Waals surface area contributed by atoms with Crippen LogP contribution < -0.4 is 5.32 Å². The fourth-order valence-corrected chi connectivity index (χ4v) is 4.21. The smallest absolute Gasteiger partial charge is 0.239 e. The molecule has 1 aromatic heterocycles. The van der Waals surface area contributed by atoms with Gasteiger partial charge in [0.1, 0.15) is 6.54 Å². The van der Waals surface area contributed by atoms with Gasteiger partial charge in [-0.3, -0.25) is 4.79 Å². The Hall–Kier alpha value is -1.29. The molecule has 3 rings (SSSR count). The maximum Gasteiger partial charge on any atom is 0.239 e. The molecule has 4 nitrogen and oxygen atoms in total. The maximum absolute atomic E-state index is 12.3. The highest BCUT2D eigenvalue weighted by Crippen LogP contribution is 2.30. The number of rotatable bonds is 4. The van der Waals surface area contributed by atoms with Crippen LogP contribution in [-0.2, 0) is 11.3 Å². The summed E-state index contributed by atoms with van der Waals surface area (Å²) in [5.41, 5.74) is 2.31. The zero-order valence-corrected chi connectivity index (χ0v) is 14.0. The van der Waals surface area contributed by atoms with Gasteiger partial charge >= 0.3 is 0 Å². The van der Waals surface area contributed by atoms with Crippen LogP contribution in [0.25, 0.3) is 0 Å². The second-order valence-corrected chi connectivity index (χ2v) is 7.01. The van der Waals surface area contributed by atoms with Gasteiger partial charge in [0.15, 0.2) is 0 Å². The maximum atomic E-state index is 12.3. The van der Waals surface area contributed by atoms with Gasteiger partial charge in [-0.2, -0.15) is 0 Å².